The Labute approximate surface area is 89.2 Å². The summed E-state index contributed by atoms with van der Waals surface area (Å²) in [5.74, 6) is -1.25. The van der Waals surface area contributed by atoms with Gasteiger partial charge in [0.1, 0.15) is 6.04 Å². The number of nitrogens with zero attached hydrogens (tertiary/aromatic N) is 1. The molecule has 1 unspecified atom stereocenters. The summed E-state index contributed by atoms with van der Waals surface area (Å²) in [5, 5.41) is 8.59. The zero-order valence-electron chi connectivity index (χ0n) is 8.82. The number of carbonyl (C=O) groups is 2. The molecule has 1 heterocycles. The highest BCUT2D eigenvalue weighted by molar-refractivity contribution is 5.84. The van der Waals surface area contributed by atoms with Crippen LogP contribution in [0, 0.1) is 0 Å². The predicted molar refractivity (Wildman–Crippen MR) is 55.3 cm³/mol. The molecule has 86 valence electrons. The van der Waals surface area contributed by atoms with Crippen LogP contribution in [0.2, 0.25) is 0 Å². The number of likely N-dealkylation sites (tertiary alicyclic amines) is 1. The molecule has 3 N–H and O–H groups in total. The zero-order valence-corrected chi connectivity index (χ0v) is 8.82. The lowest BCUT2D eigenvalue weighted by Crippen LogP contribution is -2.39. The summed E-state index contributed by atoms with van der Waals surface area (Å²) in [5.41, 5.74) is 5.32. The van der Waals surface area contributed by atoms with Crippen LogP contribution in [-0.2, 0) is 9.59 Å². The van der Waals surface area contributed by atoms with Crippen molar-refractivity contribution in [2.75, 3.05) is 13.1 Å². The van der Waals surface area contributed by atoms with E-state index in [1.54, 1.807) is 4.90 Å². The molecule has 1 saturated heterocycles. The van der Waals surface area contributed by atoms with Gasteiger partial charge in [0.25, 0.3) is 0 Å². The Morgan fingerprint density at radius 3 is 2.20 bits per heavy atom. The lowest BCUT2D eigenvalue weighted by atomic mass is 10.2. The molecule has 0 radical (unpaired) electrons. The van der Waals surface area contributed by atoms with Gasteiger partial charge in [-0.3, -0.25) is 9.59 Å². The van der Waals surface area contributed by atoms with E-state index < -0.39 is 12.0 Å². The molecule has 0 aromatic carbocycles. The standard InChI is InChI=1S/C10H18N2O3/c11-8(10(14)15)7-9(13)12-5-3-1-2-4-6-12/h8H,1-7,11H2,(H,14,15). The van der Waals surface area contributed by atoms with E-state index in [1.807, 2.05) is 0 Å². The Bertz CT molecular complexity index is 235. The van der Waals surface area contributed by atoms with Gasteiger partial charge >= 0.3 is 5.97 Å². The number of carboxylic acid groups (broad SMARTS) is 1. The molecule has 0 aromatic heterocycles. The van der Waals surface area contributed by atoms with Gasteiger partial charge in [0.15, 0.2) is 0 Å². The highest BCUT2D eigenvalue weighted by Crippen LogP contribution is 2.11. The normalized spacial score (nSPS) is 19.4. The minimum atomic E-state index is -1.11. The van der Waals surface area contributed by atoms with Gasteiger partial charge < -0.3 is 15.7 Å². The van der Waals surface area contributed by atoms with Crippen LogP contribution in [0.25, 0.3) is 0 Å². The summed E-state index contributed by atoms with van der Waals surface area (Å²) in [7, 11) is 0. The van der Waals surface area contributed by atoms with Crippen LogP contribution >= 0.6 is 0 Å². The van der Waals surface area contributed by atoms with Crippen molar-refractivity contribution in [1.29, 1.82) is 0 Å². The molecule has 1 aliphatic rings. The molecule has 0 bridgehead atoms. The number of nitrogens with two attached hydrogens (primary N) is 1. The molecule has 1 aliphatic heterocycles. The summed E-state index contributed by atoms with van der Waals surface area (Å²) in [4.78, 5) is 23.9. The minimum Gasteiger partial charge on any atom is -0.480 e. The van der Waals surface area contributed by atoms with Gasteiger partial charge in [-0.15, -0.1) is 0 Å². The third-order valence-corrected chi connectivity index (χ3v) is 2.67. The fraction of sp³-hybridized carbons (Fsp3) is 0.800. The van der Waals surface area contributed by atoms with Crippen LogP contribution in [0.1, 0.15) is 32.1 Å². The number of carbonyl (C=O) groups excluding carboxylic acids is 1. The lowest BCUT2D eigenvalue weighted by Gasteiger charge is -2.21. The molecule has 5 heteroatoms. The van der Waals surface area contributed by atoms with Crippen molar-refractivity contribution in [1.82, 2.24) is 4.90 Å². The summed E-state index contributed by atoms with van der Waals surface area (Å²) in [6, 6.07) is -1.07. The predicted octanol–water partition coefficient (Wildman–Crippen LogP) is 0.191. The molecule has 0 aliphatic carbocycles. The first-order valence-electron chi connectivity index (χ1n) is 5.37. The maximum Gasteiger partial charge on any atom is 0.321 e. The largest absolute Gasteiger partial charge is 0.480 e. The fourth-order valence-corrected chi connectivity index (χ4v) is 1.72. The zero-order chi connectivity index (χ0) is 11.3. The number of rotatable bonds is 3. The third-order valence-electron chi connectivity index (χ3n) is 2.67. The van der Waals surface area contributed by atoms with Gasteiger partial charge in [-0.2, -0.15) is 0 Å². The molecule has 0 saturated carbocycles. The van der Waals surface area contributed by atoms with Gasteiger partial charge in [0, 0.05) is 13.1 Å². The third kappa shape index (κ3) is 3.87. The van der Waals surface area contributed by atoms with Gasteiger partial charge in [-0.1, -0.05) is 12.8 Å². The first-order valence-corrected chi connectivity index (χ1v) is 5.37. The second-order valence-corrected chi connectivity index (χ2v) is 3.94. The second-order valence-electron chi connectivity index (χ2n) is 3.94. The fourth-order valence-electron chi connectivity index (χ4n) is 1.72. The van der Waals surface area contributed by atoms with Crippen molar-refractivity contribution in [3.05, 3.63) is 0 Å². The average molecular weight is 214 g/mol. The lowest BCUT2D eigenvalue weighted by molar-refractivity contribution is -0.142. The molecule has 1 rings (SSSR count). The molecule has 0 aromatic rings. The molecular weight excluding hydrogens is 196 g/mol. The minimum absolute atomic E-state index is 0.0880. The first-order chi connectivity index (χ1) is 7.11. The maximum absolute atomic E-state index is 11.6. The van der Waals surface area contributed by atoms with E-state index in [0.29, 0.717) is 0 Å². The summed E-state index contributed by atoms with van der Waals surface area (Å²) in [6.45, 7) is 1.48. The number of hydrogen-bond donors (Lipinski definition) is 2. The van der Waals surface area contributed by atoms with Crippen LogP contribution in [-0.4, -0.2) is 41.0 Å². The highest BCUT2D eigenvalue weighted by Gasteiger charge is 2.21. The van der Waals surface area contributed by atoms with Crippen LogP contribution in [0.4, 0.5) is 0 Å². The maximum atomic E-state index is 11.6. The Hall–Kier alpha value is -1.10. The van der Waals surface area contributed by atoms with Gasteiger partial charge in [-0.05, 0) is 12.8 Å². The van der Waals surface area contributed by atoms with Crippen LogP contribution in [0.5, 0.6) is 0 Å². The second kappa shape index (κ2) is 5.70. The van der Waals surface area contributed by atoms with E-state index in [-0.39, 0.29) is 12.3 Å². The van der Waals surface area contributed by atoms with E-state index in [1.165, 1.54) is 0 Å². The Balaban J connectivity index is 2.41. The molecule has 1 fully saturated rings. The van der Waals surface area contributed by atoms with E-state index in [4.69, 9.17) is 10.8 Å². The molecule has 1 atom stereocenters. The highest BCUT2D eigenvalue weighted by atomic mass is 16.4. The quantitative estimate of drug-likeness (QED) is 0.702. The van der Waals surface area contributed by atoms with Gasteiger partial charge in [-0.25, -0.2) is 0 Å². The number of carboxylic acids is 1. The SMILES string of the molecule is NC(CC(=O)N1CCCCCC1)C(=O)O. The summed E-state index contributed by atoms with van der Waals surface area (Å²) in [6.07, 6.45) is 4.22. The van der Waals surface area contributed by atoms with Crippen molar-refractivity contribution in [2.45, 2.75) is 38.1 Å². The smallest absolute Gasteiger partial charge is 0.321 e. The first kappa shape index (κ1) is 12.0. The van der Waals surface area contributed by atoms with Gasteiger partial charge in [0.2, 0.25) is 5.91 Å². The van der Waals surface area contributed by atoms with Crippen LogP contribution in [0.3, 0.4) is 0 Å². The Morgan fingerprint density at radius 1 is 1.20 bits per heavy atom. The topological polar surface area (TPSA) is 83.6 Å². The Morgan fingerprint density at radius 2 is 1.73 bits per heavy atom. The molecular formula is C10H18N2O3. The van der Waals surface area contributed by atoms with Crippen molar-refractivity contribution in [3.63, 3.8) is 0 Å². The van der Waals surface area contributed by atoms with Gasteiger partial charge in [0.05, 0.1) is 6.42 Å². The molecule has 5 nitrogen and oxygen atoms in total. The van der Waals surface area contributed by atoms with Crippen molar-refractivity contribution >= 4 is 11.9 Å². The van der Waals surface area contributed by atoms with E-state index in [9.17, 15) is 9.59 Å². The number of hydrogen-bond acceptors (Lipinski definition) is 3. The van der Waals surface area contributed by atoms with E-state index in [2.05, 4.69) is 0 Å². The van der Waals surface area contributed by atoms with Crippen LogP contribution < -0.4 is 5.73 Å². The van der Waals surface area contributed by atoms with Crippen LogP contribution in [0.15, 0.2) is 0 Å². The van der Waals surface area contributed by atoms with Crippen molar-refractivity contribution in [3.8, 4) is 0 Å². The van der Waals surface area contributed by atoms with Crippen molar-refractivity contribution in [2.24, 2.45) is 5.73 Å². The Kier molecular flexibility index (Phi) is 4.55. The monoisotopic (exact) mass is 214 g/mol. The van der Waals surface area contributed by atoms with E-state index >= 15 is 0 Å². The number of amides is 1. The summed E-state index contributed by atoms with van der Waals surface area (Å²) < 4.78 is 0. The molecule has 15 heavy (non-hydrogen) atoms. The molecule has 1 amide bonds. The molecule has 0 spiro atoms. The average Bonchev–Trinajstić information content (AvgIpc) is 2.45. The van der Waals surface area contributed by atoms with Crippen molar-refractivity contribution < 1.29 is 14.7 Å². The van der Waals surface area contributed by atoms with E-state index in [0.717, 1.165) is 38.8 Å². The number of aliphatic carboxylic acids is 1. The summed E-state index contributed by atoms with van der Waals surface area (Å²) >= 11 is 0.